The summed E-state index contributed by atoms with van der Waals surface area (Å²) < 4.78 is 57.2. The molecule has 0 amide bonds. The first-order valence-corrected chi connectivity index (χ1v) is 14.9. The van der Waals surface area contributed by atoms with Crippen molar-refractivity contribution < 1.29 is 35.9 Å². The van der Waals surface area contributed by atoms with Gasteiger partial charge >= 0.3 is 0 Å². The van der Waals surface area contributed by atoms with Crippen LogP contribution in [0.4, 0.5) is 0 Å². The number of aromatic nitrogens is 1. The number of nitrogens with zero attached hydrogens (tertiary/aromatic N) is 1. The number of carboxylic acids is 1. The summed E-state index contributed by atoms with van der Waals surface area (Å²) >= 11 is 0. The van der Waals surface area contributed by atoms with Crippen LogP contribution in [0.25, 0.3) is 32.9 Å². The number of aryl methyl sites for hydroxylation is 2. The van der Waals surface area contributed by atoms with Crippen LogP contribution in [-0.2, 0) is 32.1 Å². The number of hydrogen-bond donors (Lipinski definition) is 1. The van der Waals surface area contributed by atoms with Gasteiger partial charge in [0.1, 0.15) is 0 Å². The molecule has 0 radical (unpaired) electrons. The second kappa shape index (κ2) is 9.78. The van der Waals surface area contributed by atoms with E-state index >= 15 is 0 Å². The molecule has 4 aromatic rings. The Morgan fingerprint density at radius 3 is 2.31 bits per heavy atom. The standard InChI is InChI=1S/C25H22ClNO7S2/c1-2-16-7-9-20-23(13-16)27(11-4-12-35(30,31)32)22-10-8-18(15-21(22)24(20)25(28)29)17-5-3-6-19(14-17)36(26,33)34/h3,5-10,13-15H,2,4,11-12H2,1H3,(H-,28,29,30,31,32). The third-order valence-corrected chi connectivity index (χ3v) is 8.18. The number of benzene rings is 3. The average Bonchev–Trinajstić information content (AvgIpc) is 2.81. The Kier molecular flexibility index (Phi) is 7.07. The van der Waals surface area contributed by atoms with Crippen LogP contribution in [0.5, 0.6) is 0 Å². The maximum Gasteiger partial charge on any atom is 0.265 e. The van der Waals surface area contributed by atoms with Gasteiger partial charge in [0.15, 0.2) is 6.54 Å². The van der Waals surface area contributed by atoms with E-state index in [2.05, 4.69) is 0 Å². The molecule has 4 rings (SSSR count). The lowest BCUT2D eigenvalue weighted by molar-refractivity contribution is -0.645. The minimum Gasteiger partial charge on any atom is -0.545 e. The number of hydrogen-bond acceptors (Lipinski definition) is 6. The van der Waals surface area contributed by atoms with Crippen molar-refractivity contribution in [2.75, 3.05) is 5.75 Å². The van der Waals surface area contributed by atoms with Gasteiger partial charge < -0.3 is 9.90 Å². The van der Waals surface area contributed by atoms with Gasteiger partial charge in [0.05, 0.1) is 27.4 Å². The van der Waals surface area contributed by atoms with Crippen LogP contribution in [-0.4, -0.2) is 33.1 Å². The highest BCUT2D eigenvalue weighted by Gasteiger charge is 2.23. The molecule has 0 aliphatic carbocycles. The summed E-state index contributed by atoms with van der Waals surface area (Å²) in [6.45, 7) is 2.17. The van der Waals surface area contributed by atoms with Gasteiger partial charge in [-0.1, -0.05) is 25.1 Å². The van der Waals surface area contributed by atoms with Crippen molar-refractivity contribution in [3.05, 3.63) is 71.8 Å². The van der Waals surface area contributed by atoms with Crippen LogP contribution in [0, 0.1) is 0 Å². The summed E-state index contributed by atoms with van der Waals surface area (Å²) in [7, 11) is -2.65. The van der Waals surface area contributed by atoms with E-state index in [0.717, 1.165) is 5.56 Å². The first-order chi connectivity index (χ1) is 16.9. The zero-order chi connectivity index (χ0) is 26.3. The monoisotopic (exact) mass is 547 g/mol. The number of fused-ring (bicyclic) bond motifs is 2. The van der Waals surface area contributed by atoms with Crippen LogP contribution in [0.1, 0.15) is 29.3 Å². The molecular weight excluding hydrogens is 526 g/mol. The van der Waals surface area contributed by atoms with Crippen LogP contribution in [0.3, 0.4) is 0 Å². The second-order valence-electron chi connectivity index (χ2n) is 8.36. The van der Waals surface area contributed by atoms with Gasteiger partial charge in [-0.25, -0.2) is 8.42 Å². The molecule has 0 saturated carbocycles. The molecule has 1 aromatic heterocycles. The Labute approximate surface area is 212 Å². The largest absolute Gasteiger partial charge is 0.545 e. The second-order valence-corrected chi connectivity index (χ2v) is 12.5. The number of carboxylic acid groups (broad SMARTS) is 1. The summed E-state index contributed by atoms with van der Waals surface area (Å²) in [5, 5.41) is 13.1. The summed E-state index contributed by atoms with van der Waals surface area (Å²) in [6, 6.07) is 16.4. The lowest BCUT2D eigenvalue weighted by Gasteiger charge is -2.15. The number of carbonyl (C=O) groups excluding carboxylic acids is 1. The van der Waals surface area contributed by atoms with E-state index in [0.29, 0.717) is 39.4 Å². The van der Waals surface area contributed by atoms with E-state index in [1.54, 1.807) is 30.3 Å². The molecule has 0 unspecified atom stereocenters. The molecule has 0 atom stereocenters. The summed E-state index contributed by atoms with van der Waals surface area (Å²) in [5.74, 6) is -1.83. The molecule has 0 aliphatic heterocycles. The van der Waals surface area contributed by atoms with Crippen molar-refractivity contribution in [2.45, 2.75) is 31.2 Å². The van der Waals surface area contributed by atoms with E-state index in [9.17, 15) is 31.3 Å². The molecule has 0 aliphatic rings. The van der Waals surface area contributed by atoms with Crippen molar-refractivity contribution in [1.82, 2.24) is 0 Å². The van der Waals surface area contributed by atoms with Gasteiger partial charge in [-0.2, -0.15) is 13.0 Å². The van der Waals surface area contributed by atoms with Crippen LogP contribution < -0.4 is 9.67 Å². The van der Waals surface area contributed by atoms with E-state index in [-0.39, 0.29) is 23.4 Å². The van der Waals surface area contributed by atoms with Crippen molar-refractivity contribution in [1.29, 1.82) is 0 Å². The predicted molar refractivity (Wildman–Crippen MR) is 135 cm³/mol. The van der Waals surface area contributed by atoms with Crippen LogP contribution >= 0.6 is 10.7 Å². The average molecular weight is 548 g/mol. The molecular formula is C25H22ClNO7S2. The molecule has 0 fully saturated rings. The molecule has 0 saturated heterocycles. The van der Waals surface area contributed by atoms with E-state index in [4.69, 9.17) is 10.7 Å². The van der Waals surface area contributed by atoms with Gasteiger partial charge in [0.25, 0.3) is 19.2 Å². The van der Waals surface area contributed by atoms with Gasteiger partial charge in [-0.05, 0) is 53.4 Å². The Hall–Kier alpha value is -3.05. The quantitative estimate of drug-likeness (QED) is 0.155. The molecule has 8 nitrogen and oxygen atoms in total. The molecule has 0 bridgehead atoms. The Morgan fingerprint density at radius 2 is 1.67 bits per heavy atom. The summed E-state index contributed by atoms with van der Waals surface area (Å²) in [6.07, 6.45) is 0.810. The lowest BCUT2D eigenvalue weighted by atomic mass is 9.96. The zero-order valence-corrected chi connectivity index (χ0v) is 21.5. The highest BCUT2D eigenvalue weighted by molar-refractivity contribution is 8.13. The van der Waals surface area contributed by atoms with Crippen molar-refractivity contribution in [3.63, 3.8) is 0 Å². The fourth-order valence-corrected chi connectivity index (χ4v) is 5.64. The van der Waals surface area contributed by atoms with E-state index < -0.39 is 30.9 Å². The number of halogens is 1. The highest BCUT2D eigenvalue weighted by Crippen LogP contribution is 2.31. The number of carbonyl (C=O) groups is 1. The van der Waals surface area contributed by atoms with Crippen LogP contribution in [0.2, 0.25) is 0 Å². The topological polar surface area (TPSA) is 133 Å². The Morgan fingerprint density at radius 1 is 0.944 bits per heavy atom. The molecule has 11 heteroatoms. The fourth-order valence-electron chi connectivity index (χ4n) is 4.35. The highest BCUT2D eigenvalue weighted by atomic mass is 35.7. The first-order valence-electron chi connectivity index (χ1n) is 11.0. The number of rotatable bonds is 8. The normalized spacial score (nSPS) is 12.3. The summed E-state index contributed by atoms with van der Waals surface area (Å²) in [5.41, 5.74) is 3.13. The van der Waals surface area contributed by atoms with Gasteiger partial charge in [0, 0.05) is 34.8 Å². The van der Waals surface area contributed by atoms with Crippen molar-refractivity contribution in [2.24, 2.45) is 0 Å². The minimum atomic E-state index is -4.17. The molecule has 3 aromatic carbocycles. The summed E-state index contributed by atoms with van der Waals surface area (Å²) in [4.78, 5) is 12.3. The molecule has 36 heavy (non-hydrogen) atoms. The maximum atomic E-state index is 12.3. The number of aromatic carboxylic acids is 1. The van der Waals surface area contributed by atoms with Crippen molar-refractivity contribution >= 4 is 57.6 Å². The minimum absolute atomic E-state index is 0.0309. The fraction of sp³-hybridized carbons (Fsp3) is 0.200. The first kappa shape index (κ1) is 26.0. The predicted octanol–water partition coefficient (Wildman–Crippen LogP) is 3.08. The Balaban J connectivity index is 2.02. The van der Waals surface area contributed by atoms with Crippen molar-refractivity contribution in [3.8, 4) is 11.1 Å². The van der Waals surface area contributed by atoms with Gasteiger partial charge in [0.2, 0.25) is 11.0 Å². The molecule has 1 heterocycles. The van der Waals surface area contributed by atoms with E-state index in [1.165, 1.54) is 18.2 Å². The Bertz CT molecular complexity index is 1730. The SMILES string of the molecule is CCc1ccc2c(C(=O)[O-])c3cc(-c4cccc(S(=O)(=O)Cl)c4)ccc3[n+](CCCS(=O)(=O)O)c2c1. The molecule has 0 spiro atoms. The van der Waals surface area contributed by atoms with Gasteiger partial charge in [-0.15, -0.1) is 0 Å². The third kappa shape index (κ3) is 5.36. The smallest absolute Gasteiger partial charge is 0.265 e. The molecule has 1 N–H and O–H groups in total. The maximum absolute atomic E-state index is 12.3. The van der Waals surface area contributed by atoms with Crippen LogP contribution in [0.15, 0.2) is 65.6 Å². The van der Waals surface area contributed by atoms with Gasteiger partial charge in [-0.3, -0.25) is 4.55 Å². The third-order valence-electron chi connectivity index (χ3n) is 6.02. The lowest BCUT2D eigenvalue weighted by Crippen LogP contribution is -2.38. The number of pyridine rings is 1. The van der Waals surface area contributed by atoms with E-state index in [1.807, 2.05) is 23.6 Å². The zero-order valence-electron chi connectivity index (χ0n) is 19.1. The molecule has 188 valence electrons.